The maximum Gasteiger partial charge on any atom is 0.275 e. The van der Waals surface area contributed by atoms with Crippen LogP contribution < -0.4 is 0 Å². The molecule has 0 aromatic heterocycles. The van der Waals surface area contributed by atoms with Gasteiger partial charge in [0.05, 0.1) is 4.92 Å². The normalized spacial score (nSPS) is 20.1. The number of nitrogens with zero attached hydrogens (tertiary/aromatic N) is 2. The number of hydrogen-bond acceptors (Lipinski definition) is 4. The molecular weight excluding hydrogens is 280 g/mol. The molecule has 1 aromatic rings. The maximum atomic E-state index is 11.7. The van der Waals surface area contributed by atoms with Crippen LogP contribution in [0, 0.1) is 16.0 Å². The number of rotatable bonds is 4. The zero-order valence-corrected chi connectivity index (χ0v) is 12.1. The van der Waals surface area contributed by atoms with E-state index in [4.69, 9.17) is 11.6 Å². The number of likely N-dealkylation sites (tertiary alicyclic amines) is 1. The summed E-state index contributed by atoms with van der Waals surface area (Å²) in [6.45, 7) is 3.82. The lowest BCUT2D eigenvalue weighted by molar-refractivity contribution is -0.385. The smallest absolute Gasteiger partial charge is 0.275 e. The summed E-state index contributed by atoms with van der Waals surface area (Å²) in [6, 6.07) is 4.73. The average Bonchev–Trinajstić information content (AvgIpc) is 2.42. The Morgan fingerprint density at radius 3 is 2.90 bits per heavy atom. The minimum absolute atomic E-state index is 0.0439. The Kier molecular flexibility index (Phi) is 4.73. The number of nitro benzene ring substituents is 1. The summed E-state index contributed by atoms with van der Waals surface area (Å²) in [5, 5.41) is 11.4. The summed E-state index contributed by atoms with van der Waals surface area (Å²) < 4.78 is 0. The largest absolute Gasteiger partial charge is 0.299 e. The van der Waals surface area contributed by atoms with Gasteiger partial charge in [-0.3, -0.25) is 19.8 Å². The van der Waals surface area contributed by atoms with E-state index in [1.54, 1.807) is 12.1 Å². The van der Waals surface area contributed by atoms with Gasteiger partial charge in [-0.25, -0.2) is 0 Å². The first kappa shape index (κ1) is 14.9. The Labute approximate surface area is 122 Å². The van der Waals surface area contributed by atoms with Crippen molar-refractivity contribution in [1.29, 1.82) is 0 Å². The minimum atomic E-state index is -0.409. The van der Waals surface area contributed by atoms with Crippen LogP contribution in [0.5, 0.6) is 0 Å². The second-order valence-electron chi connectivity index (χ2n) is 5.09. The number of nitro groups is 1. The zero-order valence-electron chi connectivity index (χ0n) is 11.3. The van der Waals surface area contributed by atoms with E-state index in [-0.39, 0.29) is 11.6 Å². The Balaban J connectivity index is 2.14. The highest BCUT2D eigenvalue weighted by Gasteiger charge is 2.27. The molecule has 1 aromatic carbocycles. The van der Waals surface area contributed by atoms with E-state index in [2.05, 4.69) is 4.90 Å². The Morgan fingerprint density at radius 2 is 2.25 bits per heavy atom. The Hall–Kier alpha value is -1.46. The van der Waals surface area contributed by atoms with Crippen LogP contribution in [0.15, 0.2) is 18.2 Å². The molecule has 5 nitrogen and oxygen atoms in total. The molecule has 0 radical (unpaired) electrons. The van der Waals surface area contributed by atoms with Crippen LogP contribution in [0.1, 0.15) is 25.3 Å². The molecule has 1 aliphatic rings. The van der Waals surface area contributed by atoms with E-state index in [0.29, 0.717) is 42.4 Å². The van der Waals surface area contributed by atoms with Crippen molar-refractivity contribution in [1.82, 2.24) is 4.90 Å². The maximum absolute atomic E-state index is 11.7. The Morgan fingerprint density at radius 1 is 1.50 bits per heavy atom. The number of piperidine rings is 1. The van der Waals surface area contributed by atoms with Gasteiger partial charge in [-0.2, -0.15) is 0 Å². The van der Waals surface area contributed by atoms with Gasteiger partial charge in [-0.05, 0) is 18.6 Å². The molecule has 1 atom stereocenters. The first-order valence-electron chi connectivity index (χ1n) is 6.69. The quantitative estimate of drug-likeness (QED) is 0.633. The van der Waals surface area contributed by atoms with Crippen molar-refractivity contribution in [3.05, 3.63) is 38.9 Å². The van der Waals surface area contributed by atoms with Crippen LogP contribution in [-0.4, -0.2) is 28.7 Å². The molecule has 6 heteroatoms. The Bertz CT molecular complexity index is 533. The van der Waals surface area contributed by atoms with Crippen molar-refractivity contribution in [3.8, 4) is 0 Å². The fraction of sp³-hybridized carbons (Fsp3) is 0.500. The third-order valence-electron chi connectivity index (χ3n) is 3.74. The molecule has 0 N–H and O–H groups in total. The topological polar surface area (TPSA) is 63.4 Å². The van der Waals surface area contributed by atoms with Crippen LogP contribution in [0.25, 0.3) is 0 Å². The van der Waals surface area contributed by atoms with Gasteiger partial charge in [0.25, 0.3) is 5.69 Å². The summed E-state index contributed by atoms with van der Waals surface area (Å²) in [5.74, 6) is 0.351. The van der Waals surface area contributed by atoms with Crippen molar-refractivity contribution in [2.75, 3.05) is 13.1 Å². The fourth-order valence-electron chi connectivity index (χ4n) is 2.56. The predicted molar refractivity (Wildman–Crippen MR) is 76.8 cm³/mol. The first-order chi connectivity index (χ1) is 9.51. The van der Waals surface area contributed by atoms with Crippen molar-refractivity contribution < 1.29 is 9.72 Å². The molecule has 2 rings (SSSR count). The SMILES string of the molecule is CCC1CN(Cc2ccc(Cl)cc2[N+](=O)[O-])CCC1=O. The highest BCUT2D eigenvalue weighted by atomic mass is 35.5. The van der Waals surface area contributed by atoms with Crippen molar-refractivity contribution in [2.24, 2.45) is 5.92 Å². The number of carbonyl (C=O) groups excluding carboxylic acids is 1. The second-order valence-corrected chi connectivity index (χ2v) is 5.52. The van der Waals surface area contributed by atoms with E-state index < -0.39 is 4.92 Å². The highest BCUT2D eigenvalue weighted by molar-refractivity contribution is 6.30. The lowest BCUT2D eigenvalue weighted by atomic mass is 9.94. The number of hydrogen-bond donors (Lipinski definition) is 0. The summed E-state index contributed by atoms with van der Waals surface area (Å²) in [4.78, 5) is 24.4. The number of benzene rings is 1. The molecule has 1 fully saturated rings. The van der Waals surface area contributed by atoms with Gasteiger partial charge in [0, 0.05) is 48.6 Å². The van der Waals surface area contributed by atoms with E-state index >= 15 is 0 Å². The molecule has 1 saturated heterocycles. The number of halogens is 1. The van der Waals surface area contributed by atoms with E-state index in [1.165, 1.54) is 6.07 Å². The molecule has 108 valence electrons. The van der Waals surface area contributed by atoms with Crippen molar-refractivity contribution >= 4 is 23.1 Å². The van der Waals surface area contributed by atoms with Gasteiger partial charge in [0.1, 0.15) is 5.78 Å². The predicted octanol–water partition coefficient (Wildman–Crippen LogP) is 3.05. The third-order valence-corrected chi connectivity index (χ3v) is 3.97. The standard InChI is InChI=1S/C14H17ClN2O3/c1-2-10-8-16(6-5-14(10)18)9-11-3-4-12(15)7-13(11)17(19)20/h3-4,7,10H,2,5-6,8-9H2,1H3. The number of ketones is 1. The zero-order chi connectivity index (χ0) is 14.7. The summed E-state index contributed by atoms with van der Waals surface area (Å²) in [7, 11) is 0. The third kappa shape index (κ3) is 3.35. The minimum Gasteiger partial charge on any atom is -0.299 e. The molecule has 0 saturated carbocycles. The molecule has 20 heavy (non-hydrogen) atoms. The van der Waals surface area contributed by atoms with Crippen LogP contribution in [0.2, 0.25) is 5.02 Å². The molecule has 1 unspecified atom stereocenters. The van der Waals surface area contributed by atoms with Gasteiger partial charge in [-0.1, -0.05) is 18.5 Å². The molecular formula is C14H17ClN2O3. The molecule has 0 bridgehead atoms. The monoisotopic (exact) mass is 296 g/mol. The lowest BCUT2D eigenvalue weighted by Crippen LogP contribution is -2.40. The van der Waals surface area contributed by atoms with Crippen molar-refractivity contribution in [3.63, 3.8) is 0 Å². The van der Waals surface area contributed by atoms with Gasteiger partial charge < -0.3 is 0 Å². The van der Waals surface area contributed by atoms with Crippen LogP contribution in [0.4, 0.5) is 5.69 Å². The van der Waals surface area contributed by atoms with E-state index in [0.717, 1.165) is 6.42 Å². The van der Waals surface area contributed by atoms with Crippen molar-refractivity contribution in [2.45, 2.75) is 26.3 Å². The fourth-order valence-corrected chi connectivity index (χ4v) is 2.73. The van der Waals surface area contributed by atoms with E-state index in [1.807, 2.05) is 6.92 Å². The molecule has 1 heterocycles. The van der Waals surface area contributed by atoms with Gasteiger partial charge in [0.15, 0.2) is 0 Å². The molecule has 0 aliphatic carbocycles. The first-order valence-corrected chi connectivity index (χ1v) is 7.07. The van der Waals surface area contributed by atoms with E-state index in [9.17, 15) is 14.9 Å². The van der Waals surface area contributed by atoms with Gasteiger partial charge in [0.2, 0.25) is 0 Å². The summed E-state index contributed by atoms with van der Waals surface area (Å²) >= 11 is 5.81. The summed E-state index contributed by atoms with van der Waals surface area (Å²) in [5.41, 5.74) is 0.686. The van der Waals surface area contributed by atoms with Gasteiger partial charge >= 0.3 is 0 Å². The van der Waals surface area contributed by atoms with Gasteiger partial charge in [-0.15, -0.1) is 0 Å². The lowest BCUT2D eigenvalue weighted by Gasteiger charge is -2.31. The van der Waals surface area contributed by atoms with Crippen LogP contribution in [-0.2, 0) is 11.3 Å². The van der Waals surface area contributed by atoms with Crippen LogP contribution in [0.3, 0.4) is 0 Å². The summed E-state index contributed by atoms with van der Waals surface area (Å²) in [6.07, 6.45) is 1.35. The molecule has 0 amide bonds. The highest BCUT2D eigenvalue weighted by Crippen LogP contribution is 2.26. The number of carbonyl (C=O) groups is 1. The molecule has 1 aliphatic heterocycles. The van der Waals surface area contributed by atoms with Crippen LogP contribution >= 0.6 is 11.6 Å². The average molecular weight is 297 g/mol. The number of Topliss-reactive ketones (excluding diaryl/α,β-unsaturated/α-hetero) is 1. The second kappa shape index (κ2) is 6.33. The molecule has 0 spiro atoms.